The molecule has 6 nitrogen and oxygen atoms in total. The number of thiazole rings is 1. The molecule has 1 aromatic heterocycles. The van der Waals surface area contributed by atoms with Crippen LogP contribution in [0.1, 0.15) is 52.4 Å². The minimum absolute atomic E-state index is 0.0684. The molecule has 36 heavy (non-hydrogen) atoms. The van der Waals surface area contributed by atoms with E-state index >= 15 is 0 Å². The van der Waals surface area contributed by atoms with Crippen LogP contribution >= 0.6 is 50.5 Å². The maximum absolute atomic E-state index is 12.8. The molecule has 0 radical (unpaired) electrons. The van der Waals surface area contributed by atoms with E-state index in [-0.39, 0.29) is 12.3 Å². The number of carbonyl (C=O) groups excluding carboxylic acids is 1. The number of methoxy groups -OCH3 is 1. The first-order valence-electron chi connectivity index (χ1n) is 11.7. The molecule has 2 aromatic carbocycles. The maximum atomic E-state index is 12.8. The molecule has 0 N–H and O–H groups in total. The van der Waals surface area contributed by atoms with Gasteiger partial charge in [-0.15, -0.1) is 11.3 Å². The van der Waals surface area contributed by atoms with E-state index in [0.717, 1.165) is 50.5 Å². The first-order chi connectivity index (χ1) is 17.4. The Labute approximate surface area is 232 Å². The molecule has 2 aliphatic rings. The minimum atomic E-state index is -0.539. The molecule has 3 heterocycles. The predicted octanol–water partition coefficient (Wildman–Crippen LogP) is 6.92. The van der Waals surface area contributed by atoms with Crippen molar-refractivity contribution in [2.75, 3.05) is 20.2 Å². The molecule has 5 rings (SSSR count). The lowest BCUT2D eigenvalue weighted by molar-refractivity contribution is -0.155. The van der Waals surface area contributed by atoms with Crippen LogP contribution in [0.3, 0.4) is 0 Å². The smallest absolute Gasteiger partial charge is 0.227 e. The summed E-state index contributed by atoms with van der Waals surface area (Å²) >= 11 is 17.5. The van der Waals surface area contributed by atoms with Gasteiger partial charge in [0, 0.05) is 50.0 Å². The standard InChI is InChI=1S/C26H25BrCl2N2O4S/c1-33-23-5-3-20(27)18-12-34-26(35-13-19(18)23)22-14-36-25(30-22)15-6-8-31(9-7-15)24(32)11-16-10-17(28)2-4-21(16)29/h2-5,10,14-15,26H,6-9,11-13H2,1H3. The molecule has 2 aliphatic heterocycles. The fourth-order valence-electron chi connectivity index (χ4n) is 4.61. The summed E-state index contributed by atoms with van der Waals surface area (Å²) in [7, 11) is 1.66. The first kappa shape index (κ1) is 25.9. The zero-order chi connectivity index (χ0) is 25.2. The monoisotopic (exact) mass is 610 g/mol. The normalized spacial score (nSPS) is 18.6. The number of hydrogen-bond acceptors (Lipinski definition) is 6. The third kappa shape index (κ3) is 5.59. The Morgan fingerprint density at radius 1 is 1.17 bits per heavy atom. The molecule has 0 spiro atoms. The van der Waals surface area contributed by atoms with Gasteiger partial charge in [-0.3, -0.25) is 4.79 Å². The Balaban J connectivity index is 1.19. The van der Waals surface area contributed by atoms with Gasteiger partial charge >= 0.3 is 0 Å². The number of fused-ring (bicyclic) bond motifs is 1. The number of piperidine rings is 1. The van der Waals surface area contributed by atoms with Crippen molar-refractivity contribution < 1.29 is 19.0 Å². The summed E-state index contributed by atoms with van der Waals surface area (Å²) in [6, 6.07) is 9.10. The predicted molar refractivity (Wildman–Crippen MR) is 144 cm³/mol. The Morgan fingerprint density at radius 2 is 1.92 bits per heavy atom. The van der Waals surface area contributed by atoms with E-state index in [1.54, 1.807) is 36.6 Å². The Hall–Kier alpha value is -1.68. The average molecular weight is 612 g/mol. The fourth-order valence-corrected chi connectivity index (χ4v) is 6.47. The number of ether oxygens (including phenoxy) is 3. The van der Waals surface area contributed by atoms with Crippen LogP contribution in [-0.2, 0) is 33.9 Å². The molecule has 190 valence electrons. The molecule has 1 fully saturated rings. The quantitative estimate of drug-likeness (QED) is 0.314. The summed E-state index contributed by atoms with van der Waals surface area (Å²) in [5.41, 5.74) is 3.56. The van der Waals surface area contributed by atoms with Gasteiger partial charge in [-0.25, -0.2) is 4.98 Å². The highest BCUT2D eigenvalue weighted by Crippen LogP contribution is 2.38. The van der Waals surface area contributed by atoms with E-state index in [0.29, 0.717) is 42.3 Å². The minimum Gasteiger partial charge on any atom is -0.496 e. The molecule has 0 saturated carbocycles. The van der Waals surface area contributed by atoms with Crippen LogP contribution in [0.25, 0.3) is 0 Å². The maximum Gasteiger partial charge on any atom is 0.227 e. The average Bonchev–Trinajstić information content (AvgIpc) is 3.26. The number of carbonyl (C=O) groups is 1. The van der Waals surface area contributed by atoms with Gasteiger partial charge < -0.3 is 19.1 Å². The van der Waals surface area contributed by atoms with Crippen LogP contribution < -0.4 is 4.74 Å². The number of halogens is 3. The third-order valence-corrected chi connectivity index (χ3v) is 9.01. The van der Waals surface area contributed by atoms with E-state index in [2.05, 4.69) is 15.9 Å². The molecule has 1 amide bonds. The van der Waals surface area contributed by atoms with Gasteiger partial charge in [0.25, 0.3) is 0 Å². The van der Waals surface area contributed by atoms with Crippen LogP contribution in [-0.4, -0.2) is 36.0 Å². The van der Waals surface area contributed by atoms with Crippen LogP contribution in [0.4, 0.5) is 0 Å². The number of hydrogen-bond donors (Lipinski definition) is 0. The first-order valence-corrected chi connectivity index (χ1v) is 14.1. The van der Waals surface area contributed by atoms with Gasteiger partial charge in [-0.05, 0) is 48.7 Å². The fraction of sp³-hybridized carbons (Fsp3) is 0.385. The summed E-state index contributed by atoms with van der Waals surface area (Å²) in [6.07, 6.45) is 1.45. The molecule has 0 bridgehead atoms. The van der Waals surface area contributed by atoms with Crippen LogP contribution in [0.2, 0.25) is 10.0 Å². The van der Waals surface area contributed by atoms with Gasteiger partial charge in [-0.1, -0.05) is 39.1 Å². The second-order valence-corrected chi connectivity index (χ2v) is 11.4. The van der Waals surface area contributed by atoms with E-state index in [4.69, 9.17) is 42.4 Å². The number of nitrogens with zero attached hydrogens (tertiary/aromatic N) is 2. The van der Waals surface area contributed by atoms with Crippen LogP contribution in [0.15, 0.2) is 40.2 Å². The van der Waals surface area contributed by atoms with E-state index in [1.807, 2.05) is 22.4 Å². The van der Waals surface area contributed by atoms with Crippen molar-refractivity contribution in [3.63, 3.8) is 0 Å². The third-order valence-electron chi connectivity index (χ3n) is 6.64. The Kier molecular flexibility index (Phi) is 8.20. The van der Waals surface area contributed by atoms with Crippen molar-refractivity contribution >= 4 is 56.4 Å². The second kappa shape index (κ2) is 11.4. The molecule has 0 aliphatic carbocycles. The largest absolute Gasteiger partial charge is 0.496 e. The number of rotatable bonds is 5. The van der Waals surface area contributed by atoms with Crippen molar-refractivity contribution in [1.29, 1.82) is 0 Å². The van der Waals surface area contributed by atoms with Crippen molar-refractivity contribution in [1.82, 2.24) is 9.88 Å². The summed E-state index contributed by atoms with van der Waals surface area (Å²) < 4.78 is 18.6. The topological polar surface area (TPSA) is 60.9 Å². The van der Waals surface area contributed by atoms with Crippen molar-refractivity contribution in [2.24, 2.45) is 0 Å². The Bertz CT molecular complexity index is 1260. The van der Waals surface area contributed by atoms with Gasteiger partial charge in [0.2, 0.25) is 12.2 Å². The molecule has 1 unspecified atom stereocenters. The number of benzene rings is 2. The molecule has 3 aromatic rings. The van der Waals surface area contributed by atoms with Crippen molar-refractivity contribution in [3.05, 3.63) is 77.6 Å². The van der Waals surface area contributed by atoms with E-state index in [1.165, 1.54) is 0 Å². The molecule has 1 saturated heterocycles. The highest BCUT2D eigenvalue weighted by molar-refractivity contribution is 9.10. The summed E-state index contributed by atoms with van der Waals surface area (Å²) in [5.74, 6) is 1.16. The van der Waals surface area contributed by atoms with E-state index in [9.17, 15) is 4.79 Å². The van der Waals surface area contributed by atoms with Gasteiger partial charge in [0.05, 0.1) is 31.8 Å². The molecular formula is C26H25BrCl2N2O4S. The highest BCUT2D eigenvalue weighted by atomic mass is 79.9. The van der Waals surface area contributed by atoms with Crippen molar-refractivity contribution in [3.8, 4) is 5.75 Å². The second-order valence-electron chi connectivity index (χ2n) is 8.84. The zero-order valence-electron chi connectivity index (χ0n) is 19.6. The molecule has 10 heteroatoms. The van der Waals surface area contributed by atoms with Gasteiger partial charge in [0.15, 0.2) is 0 Å². The van der Waals surface area contributed by atoms with Gasteiger partial charge in [0.1, 0.15) is 11.4 Å². The lowest BCUT2D eigenvalue weighted by Crippen LogP contribution is -2.38. The summed E-state index contributed by atoms with van der Waals surface area (Å²) in [4.78, 5) is 19.6. The van der Waals surface area contributed by atoms with Crippen molar-refractivity contribution in [2.45, 2.75) is 44.7 Å². The summed E-state index contributed by atoms with van der Waals surface area (Å²) in [5, 5.41) is 4.22. The van der Waals surface area contributed by atoms with Crippen LogP contribution in [0, 0.1) is 0 Å². The molecular weight excluding hydrogens is 587 g/mol. The number of aromatic nitrogens is 1. The lowest BCUT2D eigenvalue weighted by atomic mass is 9.97. The zero-order valence-corrected chi connectivity index (χ0v) is 23.6. The summed E-state index contributed by atoms with van der Waals surface area (Å²) in [6.45, 7) is 2.17. The van der Waals surface area contributed by atoms with Crippen LogP contribution in [0.5, 0.6) is 5.75 Å². The molecule has 1 atom stereocenters. The number of amides is 1. The Morgan fingerprint density at radius 3 is 2.67 bits per heavy atom. The SMILES string of the molecule is COc1ccc(Br)c2c1COC(c1csc(C3CCN(C(=O)Cc4cc(Cl)ccc4Cl)CC3)n1)OC2. The van der Waals surface area contributed by atoms with Gasteiger partial charge in [-0.2, -0.15) is 0 Å². The van der Waals surface area contributed by atoms with E-state index < -0.39 is 6.29 Å². The highest BCUT2D eigenvalue weighted by Gasteiger charge is 2.29. The number of likely N-dealkylation sites (tertiary alicyclic amines) is 1. The lowest BCUT2D eigenvalue weighted by Gasteiger charge is -2.31.